The molecule has 0 saturated carbocycles. The summed E-state index contributed by atoms with van der Waals surface area (Å²) in [6.07, 6.45) is 3.44. The predicted octanol–water partition coefficient (Wildman–Crippen LogP) is 1.41. The van der Waals surface area contributed by atoms with Gasteiger partial charge >= 0.3 is 0 Å². The minimum absolute atomic E-state index is 0.261. The molecule has 2 amide bonds. The zero-order valence-corrected chi connectivity index (χ0v) is 16.5. The summed E-state index contributed by atoms with van der Waals surface area (Å²) in [7, 11) is 1.53. The van der Waals surface area contributed by atoms with Crippen molar-refractivity contribution in [3.8, 4) is 5.75 Å². The summed E-state index contributed by atoms with van der Waals surface area (Å²) < 4.78 is 5.48. The van der Waals surface area contributed by atoms with Gasteiger partial charge in [0.1, 0.15) is 11.4 Å². The third-order valence-corrected chi connectivity index (χ3v) is 5.15. The molecule has 8 heteroatoms. The van der Waals surface area contributed by atoms with Crippen molar-refractivity contribution in [2.45, 2.75) is 6.92 Å². The Hall–Kier alpha value is -3.42. The number of hydrogen-bond donors (Lipinski definition) is 0. The molecule has 2 aromatic rings. The summed E-state index contributed by atoms with van der Waals surface area (Å²) in [5, 5.41) is 0. The minimum Gasteiger partial charge on any atom is -0.494 e. The average molecular weight is 393 g/mol. The van der Waals surface area contributed by atoms with Crippen LogP contribution in [0, 0.1) is 0 Å². The van der Waals surface area contributed by atoms with Crippen molar-refractivity contribution in [3.05, 3.63) is 54.0 Å². The Morgan fingerprint density at radius 1 is 0.931 bits per heavy atom. The summed E-state index contributed by atoms with van der Waals surface area (Å²) in [6.45, 7) is 5.07. The van der Waals surface area contributed by atoms with Crippen LogP contribution in [0.25, 0.3) is 5.57 Å². The van der Waals surface area contributed by atoms with E-state index in [2.05, 4.69) is 14.9 Å². The van der Waals surface area contributed by atoms with E-state index in [0.29, 0.717) is 50.0 Å². The monoisotopic (exact) mass is 393 g/mol. The van der Waals surface area contributed by atoms with Crippen molar-refractivity contribution in [2.24, 2.45) is 0 Å². The van der Waals surface area contributed by atoms with Crippen molar-refractivity contribution in [2.75, 3.05) is 44.7 Å². The van der Waals surface area contributed by atoms with Crippen LogP contribution in [0.3, 0.4) is 0 Å². The highest BCUT2D eigenvalue weighted by Gasteiger charge is 2.40. The highest BCUT2D eigenvalue weighted by atomic mass is 16.5. The first-order valence-corrected chi connectivity index (χ1v) is 9.67. The summed E-state index contributed by atoms with van der Waals surface area (Å²) >= 11 is 0. The van der Waals surface area contributed by atoms with Gasteiger partial charge in [-0.3, -0.25) is 14.5 Å². The highest BCUT2D eigenvalue weighted by molar-refractivity contribution is 6.35. The number of imide groups is 1. The van der Waals surface area contributed by atoms with E-state index >= 15 is 0 Å². The van der Waals surface area contributed by atoms with E-state index in [0.717, 1.165) is 11.3 Å². The molecule has 1 saturated heterocycles. The molecule has 0 radical (unpaired) electrons. The number of ether oxygens (including phenoxy) is 1. The van der Waals surface area contributed by atoms with Gasteiger partial charge in [0.15, 0.2) is 0 Å². The summed E-state index contributed by atoms with van der Waals surface area (Å²) in [5.41, 5.74) is 1.64. The van der Waals surface area contributed by atoms with E-state index in [1.54, 1.807) is 18.5 Å². The predicted molar refractivity (Wildman–Crippen MR) is 108 cm³/mol. The SMILES string of the molecule is CCOc1ccc(C2=C(N3CCN(c4ncccn4)CC3)C(=O)N(C)C2=O)cc1. The smallest absolute Gasteiger partial charge is 0.277 e. The van der Waals surface area contributed by atoms with Crippen molar-refractivity contribution < 1.29 is 14.3 Å². The second-order valence-corrected chi connectivity index (χ2v) is 6.87. The lowest BCUT2D eigenvalue weighted by molar-refractivity contribution is -0.135. The van der Waals surface area contributed by atoms with Crippen LogP contribution in [0.1, 0.15) is 12.5 Å². The molecule has 0 spiro atoms. The van der Waals surface area contributed by atoms with Gasteiger partial charge < -0.3 is 14.5 Å². The van der Waals surface area contributed by atoms with Crippen molar-refractivity contribution >= 4 is 23.3 Å². The maximum atomic E-state index is 12.9. The van der Waals surface area contributed by atoms with Crippen LogP contribution in [0.4, 0.5) is 5.95 Å². The van der Waals surface area contributed by atoms with Crippen molar-refractivity contribution in [1.82, 2.24) is 19.8 Å². The first-order valence-electron chi connectivity index (χ1n) is 9.67. The lowest BCUT2D eigenvalue weighted by Gasteiger charge is -2.36. The number of piperazine rings is 1. The quantitative estimate of drug-likeness (QED) is 0.711. The van der Waals surface area contributed by atoms with Gasteiger partial charge in [-0.05, 0) is 30.7 Å². The van der Waals surface area contributed by atoms with Crippen LogP contribution in [-0.4, -0.2) is 71.4 Å². The normalized spacial score (nSPS) is 17.4. The molecule has 1 fully saturated rings. The first kappa shape index (κ1) is 18.9. The molecule has 0 N–H and O–H groups in total. The fraction of sp³-hybridized carbons (Fsp3) is 0.333. The number of likely N-dealkylation sites (N-methyl/N-ethyl adjacent to an activating group) is 1. The first-order chi connectivity index (χ1) is 14.1. The highest BCUT2D eigenvalue weighted by Crippen LogP contribution is 2.32. The molecule has 8 nitrogen and oxygen atoms in total. The van der Waals surface area contributed by atoms with Gasteiger partial charge in [-0.25, -0.2) is 9.97 Å². The van der Waals surface area contributed by atoms with E-state index in [1.165, 1.54) is 11.9 Å². The molecule has 150 valence electrons. The van der Waals surface area contributed by atoms with Crippen LogP contribution in [0.2, 0.25) is 0 Å². The molecule has 2 aliphatic rings. The molecule has 0 bridgehead atoms. The van der Waals surface area contributed by atoms with Crippen LogP contribution in [-0.2, 0) is 9.59 Å². The molecule has 4 rings (SSSR count). The standard InChI is InChI=1S/C21H23N5O3/c1-3-29-16-7-5-15(6-8-16)17-18(20(28)24(2)19(17)27)25-11-13-26(14-12-25)21-22-9-4-10-23-21/h4-10H,3,11-14H2,1-2H3. The van der Waals surface area contributed by atoms with E-state index in [1.807, 2.05) is 36.1 Å². The average Bonchev–Trinajstić information content (AvgIpc) is 2.99. The van der Waals surface area contributed by atoms with Crippen LogP contribution < -0.4 is 9.64 Å². The zero-order valence-electron chi connectivity index (χ0n) is 16.5. The lowest BCUT2D eigenvalue weighted by atomic mass is 10.0. The van der Waals surface area contributed by atoms with Crippen LogP contribution in [0.15, 0.2) is 48.4 Å². The lowest BCUT2D eigenvalue weighted by Crippen LogP contribution is -2.48. The number of hydrogen-bond acceptors (Lipinski definition) is 7. The number of anilines is 1. The number of carbonyl (C=O) groups is 2. The van der Waals surface area contributed by atoms with Crippen LogP contribution in [0.5, 0.6) is 5.75 Å². The van der Waals surface area contributed by atoms with Gasteiger partial charge in [0.2, 0.25) is 5.95 Å². The number of amides is 2. The minimum atomic E-state index is -0.275. The van der Waals surface area contributed by atoms with E-state index in [-0.39, 0.29) is 11.8 Å². The molecule has 1 aromatic carbocycles. The van der Waals surface area contributed by atoms with Crippen molar-refractivity contribution in [1.29, 1.82) is 0 Å². The number of aromatic nitrogens is 2. The van der Waals surface area contributed by atoms with E-state index in [4.69, 9.17) is 4.74 Å². The molecule has 0 unspecified atom stereocenters. The second kappa shape index (κ2) is 7.90. The van der Waals surface area contributed by atoms with E-state index < -0.39 is 0 Å². The number of benzene rings is 1. The molecule has 0 atom stereocenters. The Morgan fingerprint density at radius 2 is 1.55 bits per heavy atom. The third kappa shape index (κ3) is 3.53. The van der Waals surface area contributed by atoms with E-state index in [9.17, 15) is 9.59 Å². The molecule has 29 heavy (non-hydrogen) atoms. The molecule has 0 aliphatic carbocycles. The third-order valence-electron chi connectivity index (χ3n) is 5.15. The summed E-state index contributed by atoms with van der Waals surface area (Å²) in [6, 6.07) is 9.10. The maximum Gasteiger partial charge on any atom is 0.277 e. The Labute approximate surface area is 169 Å². The van der Waals surface area contributed by atoms with Gasteiger partial charge in [0.05, 0.1) is 12.2 Å². The van der Waals surface area contributed by atoms with Gasteiger partial charge in [-0.2, -0.15) is 0 Å². The molecule has 3 heterocycles. The Morgan fingerprint density at radius 3 is 2.17 bits per heavy atom. The molecule has 2 aliphatic heterocycles. The largest absolute Gasteiger partial charge is 0.494 e. The van der Waals surface area contributed by atoms with Crippen LogP contribution >= 0.6 is 0 Å². The fourth-order valence-corrected chi connectivity index (χ4v) is 3.65. The zero-order chi connectivity index (χ0) is 20.4. The van der Waals surface area contributed by atoms with Gasteiger partial charge in [0.25, 0.3) is 11.8 Å². The molecular formula is C21H23N5O3. The summed E-state index contributed by atoms with van der Waals surface area (Å²) in [5.74, 6) is 0.880. The van der Waals surface area contributed by atoms with Gasteiger partial charge in [0, 0.05) is 45.6 Å². The Kier molecular flexibility index (Phi) is 5.16. The fourth-order valence-electron chi connectivity index (χ4n) is 3.65. The number of nitrogens with zero attached hydrogens (tertiary/aromatic N) is 5. The molecule has 1 aromatic heterocycles. The number of rotatable bonds is 5. The van der Waals surface area contributed by atoms with Crippen molar-refractivity contribution in [3.63, 3.8) is 0 Å². The maximum absolute atomic E-state index is 12.9. The Balaban J connectivity index is 1.60. The van der Waals surface area contributed by atoms with Gasteiger partial charge in [-0.15, -0.1) is 0 Å². The topological polar surface area (TPSA) is 78.9 Å². The number of carbonyl (C=O) groups excluding carboxylic acids is 2. The Bertz CT molecular complexity index is 935. The molecular weight excluding hydrogens is 370 g/mol. The second-order valence-electron chi connectivity index (χ2n) is 6.87. The van der Waals surface area contributed by atoms with Gasteiger partial charge in [-0.1, -0.05) is 12.1 Å². The summed E-state index contributed by atoms with van der Waals surface area (Å²) in [4.78, 5) is 39.5.